The second kappa shape index (κ2) is 15.2. The summed E-state index contributed by atoms with van der Waals surface area (Å²) in [7, 11) is 0. The predicted molar refractivity (Wildman–Crippen MR) is 147 cm³/mol. The van der Waals surface area contributed by atoms with E-state index in [0.717, 1.165) is 30.0 Å². The zero-order chi connectivity index (χ0) is 26.3. The highest BCUT2D eigenvalue weighted by Crippen LogP contribution is 2.21. The number of hydrogen-bond donors (Lipinski definition) is 2. The van der Waals surface area contributed by atoms with Gasteiger partial charge in [-0.1, -0.05) is 81.8 Å². The Balaban J connectivity index is 1.36. The molecule has 7 nitrogen and oxygen atoms in total. The molecule has 2 amide bonds. The molecule has 7 heteroatoms. The number of hydrogen-bond acceptors (Lipinski definition) is 5. The number of hydrazone groups is 1. The molecule has 0 saturated heterocycles. The molecule has 0 spiro atoms. The largest absolute Gasteiger partial charge is 0.423 e. The number of carbonyl (C=O) groups excluding carboxylic acids is 3. The molecule has 0 atom stereocenters. The van der Waals surface area contributed by atoms with Crippen LogP contribution in [0.4, 0.5) is 0 Å². The molecule has 0 aliphatic rings. The van der Waals surface area contributed by atoms with E-state index in [0.29, 0.717) is 23.3 Å². The molecule has 0 aliphatic heterocycles. The lowest BCUT2D eigenvalue weighted by atomic mass is 10.0. The van der Waals surface area contributed by atoms with Crippen LogP contribution in [0, 0.1) is 0 Å². The van der Waals surface area contributed by atoms with Gasteiger partial charge in [-0.3, -0.25) is 9.59 Å². The summed E-state index contributed by atoms with van der Waals surface area (Å²) in [6.45, 7) is 2.08. The van der Waals surface area contributed by atoms with Crippen molar-refractivity contribution in [1.29, 1.82) is 0 Å². The summed E-state index contributed by atoms with van der Waals surface area (Å²) in [4.78, 5) is 36.5. The van der Waals surface area contributed by atoms with Crippen molar-refractivity contribution in [2.75, 3.05) is 6.54 Å². The van der Waals surface area contributed by atoms with E-state index in [2.05, 4.69) is 22.8 Å². The Hall–Kier alpha value is -4.00. The SMILES string of the molecule is CCCCCCCCCC(=O)NCC(=O)NN=Cc1ccc(OC(=O)c2cccc3ccccc23)cc1. The van der Waals surface area contributed by atoms with Crippen LogP contribution in [0.25, 0.3) is 10.8 Å². The number of nitrogens with zero attached hydrogens (tertiary/aromatic N) is 1. The Morgan fingerprint density at radius 3 is 2.30 bits per heavy atom. The number of ether oxygens (including phenoxy) is 1. The highest BCUT2D eigenvalue weighted by Gasteiger charge is 2.12. The van der Waals surface area contributed by atoms with Crippen molar-refractivity contribution in [3.05, 3.63) is 77.9 Å². The van der Waals surface area contributed by atoms with Gasteiger partial charge in [0, 0.05) is 6.42 Å². The van der Waals surface area contributed by atoms with Gasteiger partial charge in [0.25, 0.3) is 5.91 Å². The van der Waals surface area contributed by atoms with Crippen LogP contribution < -0.4 is 15.5 Å². The van der Waals surface area contributed by atoms with Gasteiger partial charge in [-0.05, 0) is 53.1 Å². The van der Waals surface area contributed by atoms with Crippen LogP contribution in [-0.2, 0) is 9.59 Å². The van der Waals surface area contributed by atoms with Crippen LogP contribution in [0.3, 0.4) is 0 Å². The monoisotopic (exact) mass is 501 g/mol. The Bertz CT molecular complexity index is 1200. The van der Waals surface area contributed by atoms with Crippen LogP contribution >= 0.6 is 0 Å². The molecule has 194 valence electrons. The molecule has 0 aliphatic carbocycles. The number of amides is 2. The molecule has 0 bridgehead atoms. The van der Waals surface area contributed by atoms with E-state index in [1.54, 1.807) is 30.3 Å². The van der Waals surface area contributed by atoms with Crippen molar-refractivity contribution in [3.63, 3.8) is 0 Å². The van der Waals surface area contributed by atoms with Gasteiger partial charge in [-0.2, -0.15) is 5.10 Å². The molecule has 37 heavy (non-hydrogen) atoms. The van der Waals surface area contributed by atoms with Crippen molar-refractivity contribution >= 4 is 34.8 Å². The van der Waals surface area contributed by atoms with Crippen LogP contribution in [0.1, 0.15) is 74.2 Å². The lowest BCUT2D eigenvalue weighted by Crippen LogP contribution is -2.34. The maximum atomic E-state index is 12.7. The Labute approximate surface area is 218 Å². The molecule has 3 aromatic rings. The number of fused-ring (bicyclic) bond motifs is 1. The number of esters is 1. The summed E-state index contributed by atoms with van der Waals surface area (Å²) in [6.07, 6.45) is 9.91. The summed E-state index contributed by atoms with van der Waals surface area (Å²) >= 11 is 0. The lowest BCUT2D eigenvalue weighted by molar-refractivity contribution is -0.126. The van der Waals surface area contributed by atoms with E-state index >= 15 is 0 Å². The Morgan fingerprint density at radius 2 is 1.51 bits per heavy atom. The molecule has 0 radical (unpaired) electrons. The maximum absolute atomic E-state index is 12.7. The molecule has 3 rings (SSSR count). The molecule has 0 saturated carbocycles. The van der Waals surface area contributed by atoms with E-state index in [9.17, 15) is 14.4 Å². The molecule has 0 unspecified atom stereocenters. The molecule has 0 aromatic heterocycles. The molecular formula is C30H35N3O4. The second-order valence-corrected chi connectivity index (χ2v) is 8.93. The van der Waals surface area contributed by atoms with Gasteiger partial charge in [-0.25, -0.2) is 10.2 Å². The van der Waals surface area contributed by atoms with Crippen LogP contribution in [0.2, 0.25) is 0 Å². The van der Waals surface area contributed by atoms with Crippen LogP contribution in [-0.4, -0.2) is 30.5 Å². The van der Waals surface area contributed by atoms with Gasteiger partial charge in [0.2, 0.25) is 5.91 Å². The summed E-state index contributed by atoms with van der Waals surface area (Å²) < 4.78 is 5.52. The zero-order valence-electron chi connectivity index (χ0n) is 21.4. The van der Waals surface area contributed by atoms with Crippen molar-refractivity contribution in [1.82, 2.24) is 10.7 Å². The van der Waals surface area contributed by atoms with Crippen molar-refractivity contribution < 1.29 is 19.1 Å². The number of rotatable bonds is 14. The van der Waals surface area contributed by atoms with Gasteiger partial charge >= 0.3 is 5.97 Å². The third-order valence-electron chi connectivity index (χ3n) is 5.96. The molecule has 0 fully saturated rings. The summed E-state index contributed by atoms with van der Waals surface area (Å²) in [5.41, 5.74) is 3.62. The fraction of sp³-hybridized carbons (Fsp3) is 0.333. The molecule has 3 aromatic carbocycles. The number of unbranched alkanes of at least 4 members (excludes halogenated alkanes) is 6. The van der Waals surface area contributed by atoms with E-state index in [-0.39, 0.29) is 12.5 Å². The number of benzene rings is 3. The summed E-state index contributed by atoms with van der Waals surface area (Å²) in [6, 6.07) is 20.0. The third-order valence-corrected chi connectivity index (χ3v) is 5.96. The van der Waals surface area contributed by atoms with Crippen molar-refractivity contribution in [3.8, 4) is 5.75 Å². The number of nitrogens with one attached hydrogen (secondary N) is 2. The minimum absolute atomic E-state index is 0.115. The highest BCUT2D eigenvalue weighted by molar-refractivity contribution is 6.05. The van der Waals surface area contributed by atoms with E-state index < -0.39 is 11.9 Å². The Kier molecular flexibility index (Phi) is 11.3. The highest BCUT2D eigenvalue weighted by atomic mass is 16.5. The number of carbonyl (C=O) groups is 3. The zero-order valence-corrected chi connectivity index (χ0v) is 21.4. The summed E-state index contributed by atoms with van der Waals surface area (Å²) in [5, 5.41) is 8.35. The van der Waals surface area contributed by atoms with Crippen LogP contribution in [0.5, 0.6) is 5.75 Å². The topological polar surface area (TPSA) is 96.9 Å². The van der Waals surface area contributed by atoms with Crippen molar-refractivity contribution in [2.24, 2.45) is 5.10 Å². The fourth-order valence-electron chi connectivity index (χ4n) is 3.92. The quantitative estimate of drug-likeness (QED) is 0.0964. The molecule has 2 N–H and O–H groups in total. The maximum Gasteiger partial charge on any atom is 0.344 e. The van der Waals surface area contributed by atoms with Gasteiger partial charge in [-0.15, -0.1) is 0 Å². The standard InChI is InChI=1S/C30H35N3O4/c1-2-3-4-5-6-7-8-16-28(34)31-22-29(35)33-32-21-23-17-19-25(20-18-23)37-30(36)27-15-11-13-24-12-9-10-14-26(24)27/h9-15,17-21H,2-8,16,22H2,1H3,(H,31,34)(H,33,35). The van der Waals surface area contributed by atoms with E-state index in [1.165, 1.54) is 31.9 Å². The third kappa shape index (κ3) is 9.52. The first-order chi connectivity index (χ1) is 18.1. The fourth-order valence-corrected chi connectivity index (χ4v) is 3.92. The van der Waals surface area contributed by atoms with Gasteiger partial charge in [0.15, 0.2) is 0 Å². The average molecular weight is 502 g/mol. The van der Waals surface area contributed by atoms with Gasteiger partial charge < -0.3 is 10.1 Å². The normalized spacial score (nSPS) is 10.9. The minimum Gasteiger partial charge on any atom is -0.423 e. The first-order valence-electron chi connectivity index (χ1n) is 13.0. The van der Waals surface area contributed by atoms with E-state index in [4.69, 9.17) is 4.74 Å². The lowest BCUT2D eigenvalue weighted by Gasteiger charge is -2.07. The van der Waals surface area contributed by atoms with E-state index in [1.807, 2.05) is 36.4 Å². The first-order valence-corrected chi connectivity index (χ1v) is 13.0. The van der Waals surface area contributed by atoms with Gasteiger partial charge in [0.05, 0.1) is 18.3 Å². The molecular weight excluding hydrogens is 466 g/mol. The van der Waals surface area contributed by atoms with Crippen molar-refractivity contribution in [2.45, 2.75) is 58.3 Å². The minimum atomic E-state index is -0.431. The average Bonchev–Trinajstić information content (AvgIpc) is 2.92. The first kappa shape index (κ1) is 27.6. The summed E-state index contributed by atoms with van der Waals surface area (Å²) in [5.74, 6) is -0.548. The predicted octanol–water partition coefficient (Wildman–Crippen LogP) is 5.77. The smallest absolute Gasteiger partial charge is 0.344 e. The second-order valence-electron chi connectivity index (χ2n) is 8.93. The van der Waals surface area contributed by atoms with Crippen LogP contribution in [0.15, 0.2) is 71.8 Å². The Morgan fingerprint density at radius 1 is 0.811 bits per heavy atom. The molecule has 0 heterocycles. The van der Waals surface area contributed by atoms with Gasteiger partial charge in [0.1, 0.15) is 5.75 Å².